The Morgan fingerprint density at radius 2 is 2.06 bits per heavy atom. The molecule has 0 bridgehead atoms. The van der Waals surface area contributed by atoms with Crippen LogP contribution in [0.5, 0.6) is 0 Å². The molecule has 0 saturated carbocycles. The second-order valence-corrected chi connectivity index (χ2v) is 5.65. The molecule has 2 unspecified atom stereocenters. The van der Waals surface area contributed by atoms with Crippen LogP contribution in [0.2, 0.25) is 0 Å². The van der Waals surface area contributed by atoms with Gasteiger partial charge in [0.15, 0.2) is 0 Å². The molecule has 0 aliphatic rings. The number of hydrogen-bond acceptors (Lipinski definition) is 4. The van der Waals surface area contributed by atoms with Crippen LogP contribution in [0.4, 0.5) is 0 Å². The zero-order valence-electron chi connectivity index (χ0n) is 10.9. The summed E-state index contributed by atoms with van der Waals surface area (Å²) in [6.07, 6.45) is 0.592. The number of nitrogens with two attached hydrogens (primary N) is 1. The highest BCUT2D eigenvalue weighted by atomic mass is 32.2. The first-order valence-electron chi connectivity index (χ1n) is 6.31. The summed E-state index contributed by atoms with van der Waals surface area (Å²) in [6.45, 7) is 2.95. The Bertz CT molecular complexity index is 306. The summed E-state index contributed by atoms with van der Waals surface area (Å²) in [5.74, 6) is 1.70. The lowest BCUT2D eigenvalue weighted by Gasteiger charge is -2.11. The molecule has 0 aromatic heterocycles. The Hall–Kier alpha value is -0.550. The van der Waals surface area contributed by atoms with E-state index in [0.29, 0.717) is 19.0 Å². The monoisotopic (exact) mass is 269 g/mol. The summed E-state index contributed by atoms with van der Waals surface area (Å²) in [5.41, 5.74) is 6.79. The molecule has 0 spiro atoms. The molecule has 18 heavy (non-hydrogen) atoms. The zero-order chi connectivity index (χ0) is 13.2. The minimum atomic E-state index is -0.396. The predicted octanol–water partition coefficient (Wildman–Crippen LogP) is 2.03. The number of hydrogen-bond donors (Lipinski definition) is 2. The minimum absolute atomic E-state index is 0.240. The van der Waals surface area contributed by atoms with E-state index in [1.165, 1.54) is 0 Å². The molecule has 1 rings (SSSR count). The SMILES string of the molecule is CC(N)CCSCC(O)COCc1ccccc1. The maximum absolute atomic E-state index is 9.72. The molecule has 0 radical (unpaired) electrons. The highest BCUT2D eigenvalue weighted by Gasteiger charge is 2.05. The summed E-state index contributed by atoms with van der Waals surface area (Å²) < 4.78 is 5.47. The van der Waals surface area contributed by atoms with Crippen LogP contribution in [0.25, 0.3) is 0 Å². The molecule has 0 fully saturated rings. The fraction of sp³-hybridized carbons (Fsp3) is 0.571. The van der Waals surface area contributed by atoms with Gasteiger partial charge in [-0.1, -0.05) is 30.3 Å². The summed E-state index contributed by atoms with van der Waals surface area (Å²) in [4.78, 5) is 0. The highest BCUT2D eigenvalue weighted by Crippen LogP contribution is 2.07. The van der Waals surface area contributed by atoms with Crippen molar-refractivity contribution in [3.05, 3.63) is 35.9 Å². The first-order chi connectivity index (χ1) is 8.68. The van der Waals surface area contributed by atoms with Crippen LogP contribution >= 0.6 is 11.8 Å². The van der Waals surface area contributed by atoms with Crippen molar-refractivity contribution in [1.29, 1.82) is 0 Å². The molecule has 1 aromatic rings. The average molecular weight is 269 g/mol. The van der Waals surface area contributed by atoms with Crippen molar-refractivity contribution in [2.75, 3.05) is 18.1 Å². The molecular weight excluding hydrogens is 246 g/mol. The number of benzene rings is 1. The van der Waals surface area contributed by atoms with Gasteiger partial charge in [0, 0.05) is 11.8 Å². The predicted molar refractivity (Wildman–Crippen MR) is 77.7 cm³/mol. The second kappa shape index (κ2) is 9.39. The van der Waals surface area contributed by atoms with Crippen LogP contribution in [0.1, 0.15) is 18.9 Å². The van der Waals surface area contributed by atoms with E-state index in [2.05, 4.69) is 0 Å². The van der Waals surface area contributed by atoms with Gasteiger partial charge in [0.05, 0.1) is 19.3 Å². The topological polar surface area (TPSA) is 55.5 Å². The van der Waals surface area contributed by atoms with Gasteiger partial charge in [0.25, 0.3) is 0 Å². The van der Waals surface area contributed by atoms with E-state index in [4.69, 9.17) is 10.5 Å². The Balaban J connectivity index is 2.01. The first-order valence-corrected chi connectivity index (χ1v) is 7.47. The zero-order valence-corrected chi connectivity index (χ0v) is 11.7. The van der Waals surface area contributed by atoms with Crippen LogP contribution in [-0.4, -0.2) is 35.4 Å². The standard InChI is InChI=1S/C14H23NO2S/c1-12(15)7-8-18-11-14(16)10-17-9-13-5-3-2-4-6-13/h2-6,12,14,16H,7-11,15H2,1H3. The van der Waals surface area contributed by atoms with Crippen molar-refractivity contribution < 1.29 is 9.84 Å². The number of ether oxygens (including phenoxy) is 1. The van der Waals surface area contributed by atoms with E-state index in [9.17, 15) is 5.11 Å². The Morgan fingerprint density at radius 1 is 1.33 bits per heavy atom. The molecule has 1 aromatic carbocycles. The van der Waals surface area contributed by atoms with Crippen molar-refractivity contribution in [3.63, 3.8) is 0 Å². The number of rotatable bonds is 9. The van der Waals surface area contributed by atoms with Gasteiger partial charge in [-0.2, -0.15) is 11.8 Å². The second-order valence-electron chi connectivity index (χ2n) is 4.50. The molecule has 102 valence electrons. The molecule has 0 aliphatic heterocycles. The van der Waals surface area contributed by atoms with Gasteiger partial charge in [-0.15, -0.1) is 0 Å². The van der Waals surface area contributed by atoms with Gasteiger partial charge in [0.2, 0.25) is 0 Å². The summed E-state index contributed by atoms with van der Waals surface area (Å²) in [6, 6.07) is 10.2. The molecule has 0 aliphatic carbocycles. The van der Waals surface area contributed by atoms with E-state index >= 15 is 0 Å². The number of aliphatic hydroxyl groups excluding tert-OH is 1. The fourth-order valence-corrected chi connectivity index (χ4v) is 2.50. The van der Waals surface area contributed by atoms with Crippen LogP contribution < -0.4 is 5.73 Å². The molecule has 2 atom stereocenters. The van der Waals surface area contributed by atoms with Crippen molar-refractivity contribution >= 4 is 11.8 Å². The molecular formula is C14H23NO2S. The average Bonchev–Trinajstić information content (AvgIpc) is 2.36. The smallest absolute Gasteiger partial charge is 0.0863 e. The molecule has 0 amide bonds. The van der Waals surface area contributed by atoms with Gasteiger partial charge in [0.1, 0.15) is 0 Å². The molecule has 0 heterocycles. The Kier molecular flexibility index (Phi) is 8.09. The normalized spacial score (nSPS) is 14.4. The Labute approximate surface area is 114 Å². The van der Waals surface area contributed by atoms with Crippen LogP contribution in [0.3, 0.4) is 0 Å². The van der Waals surface area contributed by atoms with Gasteiger partial charge in [-0.05, 0) is 24.7 Å². The van der Waals surface area contributed by atoms with Gasteiger partial charge < -0.3 is 15.6 Å². The number of thioether (sulfide) groups is 1. The van der Waals surface area contributed by atoms with Crippen molar-refractivity contribution in [1.82, 2.24) is 0 Å². The van der Waals surface area contributed by atoms with Gasteiger partial charge in [-0.3, -0.25) is 0 Å². The maximum Gasteiger partial charge on any atom is 0.0863 e. The van der Waals surface area contributed by atoms with E-state index < -0.39 is 6.10 Å². The van der Waals surface area contributed by atoms with Crippen molar-refractivity contribution in [3.8, 4) is 0 Å². The lowest BCUT2D eigenvalue weighted by atomic mass is 10.2. The summed E-state index contributed by atoms with van der Waals surface area (Å²) in [5, 5.41) is 9.72. The van der Waals surface area contributed by atoms with Gasteiger partial charge in [-0.25, -0.2) is 0 Å². The van der Waals surface area contributed by atoms with Gasteiger partial charge >= 0.3 is 0 Å². The van der Waals surface area contributed by atoms with Crippen molar-refractivity contribution in [2.45, 2.75) is 32.1 Å². The first kappa shape index (κ1) is 15.5. The maximum atomic E-state index is 9.72. The number of aliphatic hydroxyl groups is 1. The van der Waals surface area contributed by atoms with E-state index in [1.54, 1.807) is 11.8 Å². The van der Waals surface area contributed by atoms with E-state index in [1.807, 2.05) is 37.3 Å². The van der Waals surface area contributed by atoms with Crippen molar-refractivity contribution in [2.24, 2.45) is 5.73 Å². The third-order valence-corrected chi connectivity index (χ3v) is 3.59. The lowest BCUT2D eigenvalue weighted by molar-refractivity contribution is 0.0398. The quantitative estimate of drug-likeness (QED) is 0.674. The Morgan fingerprint density at radius 3 is 2.72 bits per heavy atom. The van der Waals surface area contributed by atoms with Crippen LogP contribution in [-0.2, 0) is 11.3 Å². The fourth-order valence-electron chi connectivity index (χ4n) is 1.42. The summed E-state index contributed by atoms with van der Waals surface area (Å²) >= 11 is 1.73. The lowest BCUT2D eigenvalue weighted by Crippen LogP contribution is -2.19. The third kappa shape index (κ3) is 7.71. The van der Waals surface area contributed by atoms with Crippen LogP contribution in [0, 0.1) is 0 Å². The van der Waals surface area contributed by atoms with E-state index in [0.717, 1.165) is 17.7 Å². The molecule has 4 heteroatoms. The molecule has 3 nitrogen and oxygen atoms in total. The third-order valence-electron chi connectivity index (χ3n) is 2.45. The van der Waals surface area contributed by atoms with E-state index in [-0.39, 0.29) is 6.04 Å². The highest BCUT2D eigenvalue weighted by molar-refractivity contribution is 7.99. The minimum Gasteiger partial charge on any atom is -0.390 e. The molecule has 0 saturated heterocycles. The largest absolute Gasteiger partial charge is 0.390 e. The van der Waals surface area contributed by atoms with Crippen LogP contribution in [0.15, 0.2) is 30.3 Å². The molecule has 3 N–H and O–H groups in total. The summed E-state index contributed by atoms with van der Waals surface area (Å²) in [7, 11) is 0.